The highest BCUT2D eigenvalue weighted by molar-refractivity contribution is 9.10. The van der Waals surface area contributed by atoms with Crippen LogP contribution in [0.4, 0.5) is 17.2 Å². The molecule has 0 bridgehead atoms. The molecular weight excluding hydrogens is 362 g/mol. The van der Waals surface area contributed by atoms with Crippen LogP contribution < -0.4 is 10.6 Å². The van der Waals surface area contributed by atoms with Crippen LogP contribution in [0.5, 0.6) is 0 Å². The highest BCUT2D eigenvalue weighted by Gasteiger charge is 2.07. The van der Waals surface area contributed by atoms with Crippen molar-refractivity contribution in [3.05, 3.63) is 69.5 Å². The molecule has 0 aliphatic carbocycles. The highest BCUT2D eigenvalue weighted by Crippen LogP contribution is 2.20. The first-order valence-electron chi connectivity index (χ1n) is 6.54. The topological polar surface area (TPSA) is 54.0 Å². The molecule has 0 saturated carbocycles. The van der Waals surface area contributed by atoms with Crippen molar-refractivity contribution < 1.29 is 4.79 Å². The maximum Gasteiger partial charge on any atom is 0.266 e. The molecule has 2 N–H and O–H groups in total. The van der Waals surface area contributed by atoms with E-state index in [2.05, 4.69) is 31.5 Å². The summed E-state index contributed by atoms with van der Waals surface area (Å²) in [4.78, 5) is 16.8. The van der Waals surface area contributed by atoms with Gasteiger partial charge < -0.3 is 10.6 Å². The van der Waals surface area contributed by atoms with Gasteiger partial charge in [-0.2, -0.15) is 0 Å². The molecule has 1 aromatic carbocycles. The lowest BCUT2D eigenvalue weighted by Gasteiger charge is -2.07. The van der Waals surface area contributed by atoms with E-state index in [4.69, 9.17) is 0 Å². The van der Waals surface area contributed by atoms with Crippen molar-refractivity contribution in [1.82, 2.24) is 4.98 Å². The Hall–Kier alpha value is -2.18. The van der Waals surface area contributed by atoms with Gasteiger partial charge in [-0.3, -0.25) is 4.79 Å². The molecule has 1 amide bonds. The predicted molar refractivity (Wildman–Crippen MR) is 93.9 cm³/mol. The number of hydrogen-bond acceptors (Lipinski definition) is 4. The van der Waals surface area contributed by atoms with E-state index in [9.17, 15) is 4.79 Å². The zero-order chi connectivity index (χ0) is 15.4. The van der Waals surface area contributed by atoms with Crippen LogP contribution in [0.25, 0.3) is 0 Å². The lowest BCUT2D eigenvalue weighted by molar-refractivity contribution is 0.103. The summed E-state index contributed by atoms with van der Waals surface area (Å²) in [6, 6.07) is 15.1. The molecule has 3 rings (SSSR count). The largest absolute Gasteiger partial charge is 0.354 e. The van der Waals surface area contributed by atoms with Crippen LogP contribution in [0, 0.1) is 0 Å². The quantitative estimate of drug-likeness (QED) is 0.683. The summed E-state index contributed by atoms with van der Waals surface area (Å²) in [5.41, 5.74) is 1.83. The summed E-state index contributed by atoms with van der Waals surface area (Å²) >= 11 is 4.80. The summed E-state index contributed by atoms with van der Waals surface area (Å²) in [6.45, 7) is 0. The van der Waals surface area contributed by atoms with Crippen molar-refractivity contribution in [3.63, 3.8) is 0 Å². The molecule has 2 heterocycles. The molecule has 3 aromatic rings. The van der Waals surface area contributed by atoms with Crippen LogP contribution in [0.2, 0.25) is 0 Å². The first kappa shape index (κ1) is 14.7. The second-order valence-corrected chi connectivity index (χ2v) is 6.36. The summed E-state index contributed by atoms with van der Waals surface area (Å²) in [6.07, 6.45) is 1.69. The average Bonchev–Trinajstić information content (AvgIpc) is 3.06. The Kier molecular flexibility index (Phi) is 4.50. The van der Waals surface area contributed by atoms with E-state index in [1.165, 1.54) is 11.3 Å². The Labute approximate surface area is 140 Å². The van der Waals surface area contributed by atoms with E-state index in [-0.39, 0.29) is 5.91 Å². The van der Waals surface area contributed by atoms with Gasteiger partial charge in [0.05, 0.1) is 16.8 Å². The Morgan fingerprint density at radius 1 is 1.05 bits per heavy atom. The van der Waals surface area contributed by atoms with Crippen LogP contribution in [0.15, 0.2) is 64.6 Å². The van der Waals surface area contributed by atoms with Crippen LogP contribution in [-0.4, -0.2) is 10.9 Å². The fourth-order valence-corrected chi connectivity index (χ4v) is 2.71. The number of pyridine rings is 1. The Morgan fingerprint density at radius 2 is 1.82 bits per heavy atom. The van der Waals surface area contributed by atoms with E-state index in [1.54, 1.807) is 18.3 Å². The Morgan fingerprint density at radius 3 is 2.45 bits per heavy atom. The molecular formula is C16H12BrN3OS. The van der Waals surface area contributed by atoms with E-state index < -0.39 is 0 Å². The number of aromatic nitrogens is 1. The van der Waals surface area contributed by atoms with Crippen LogP contribution in [0.3, 0.4) is 0 Å². The zero-order valence-electron chi connectivity index (χ0n) is 11.4. The van der Waals surface area contributed by atoms with Gasteiger partial charge in [-0.15, -0.1) is 11.3 Å². The lowest BCUT2D eigenvalue weighted by Crippen LogP contribution is -2.11. The van der Waals surface area contributed by atoms with Gasteiger partial charge in [0.25, 0.3) is 5.91 Å². The molecule has 0 aliphatic rings. The minimum absolute atomic E-state index is 0.142. The SMILES string of the molecule is O=C(Nc1ccc(Nc2ccc(Br)cc2)cn1)c1cccs1. The second kappa shape index (κ2) is 6.72. The molecule has 0 atom stereocenters. The van der Waals surface area contributed by atoms with Gasteiger partial charge in [0, 0.05) is 10.2 Å². The molecule has 4 nitrogen and oxygen atoms in total. The monoisotopic (exact) mass is 373 g/mol. The van der Waals surface area contributed by atoms with Gasteiger partial charge in [0.2, 0.25) is 0 Å². The van der Waals surface area contributed by atoms with E-state index in [0.29, 0.717) is 10.7 Å². The summed E-state index contributed by atoms with van der Waals surface area (Å²) in [7, 11) is 0. The normalized spacial score (nSPS) is 10.2. The van der Waals surface area contributed by atoms with Crippen LogP contribution >= 0.6 is 27.3 Å². The number of carbonyl (C=O) groups excluding carboxylic acids is 1. The lowest BCUT2D eigenvalue weighted by atomic mass is 10.3. The summed E-state index contributed by atoms with van der Waals surface area (Å²) in [5.74, 6) is 0.385. The van der Waals surface area contributed by atoms with E-state index >= 15 is 0 Å². The second-order valence-electron chi connectivity index (χ2n) is 4.50. The molecule has 0 saturated heterocycles. The fourth-order valence-electron chi connectivity index (χ4n) is 1.83. The number of anilines is 3. The number of nitrogens with zero attached hydrogens (tertiary/aromatic N) is 1. The molecule has 2 aromatic heterocycles. The molecule has 0 radical (unpaired) electrons. The number of halogens is 1. The number of nitrogens with one attached hydrogen (secondary N) is 2. The van der Waals surface area contributed by atoms with Gasteiger partial charge >= 0.3 is 0 Å². The van der Waals surface area contributed by atoms with Gasteiger partial charge in [0.1, 0.15) is 5.82 Å². The average molecular weight is 374 g/mol. The fraction of sp³-hybridized carbons (Fsp3) is 0. The molecule has 110 valence electrons. The van der Waals surface area contributed by atoms with Crippen molar-refractivity contribution in [2.45, 2.75) is 0 Å². The zero-order valence-corrected chi connectivity index (χ0v) is 13.8. The predicted octanol–water partition coefficient (Wildman–Crippen LogP) is 4.90. The number of thiophene rings is 1. The third kappa shape index (κ3) is 3.72. The molecule has 0 spiro atoms. The van der Waals surface area contributed by atoms with Gasteiger partial charge in [-0.25, -0.2) is 4.98 Å². The van der Waals surface area contributed by atoms with Gasteiger partial charge in [-0.1, -0.05) is 22.0 Å². The van der Waals surface area contributed by atoms with E-state index in [0.717, 1.165) is 15.8 Å². The minimum Gasteiger partial charge on any atom is -0.354 e. The first-order valence-corrected chi connectivity index (χ1v) is 8.21. The summed E-state index contributed by atoms with van der Waals surface area (Å²) < 4.78 is 1.03. The van der Waals surface area contributed by atoms with Crippen molar-refractivity contribution in [3.8, 4) is 0 Å². The summed E-state index contributed by atoms with van der Waals surface area (Å²) in [5, 5.41) is 7.88. The molecule has 0 unspecified atom stereocenters. The van der Waals surface area contributed by atoms with E-state index in [1.807, 2.05) is 41.8 Å². The van der Waals surface area contributed by atoms with Crippen molar-refractivity contribution in [2.24, 2.45) is 0 Å². The molecule has 6 heteroatoms. The minimum atomic E-state index is -0.142. The number of amides is 1. The third-order valence-electron chi connectivity index (χ3n) is 2.88. The van der Waals surface area contributed by atoms with Crippen molar-refractivity contribution in [1.29, 1.82) is 0 Å². The van der Waals surface area contributed by atoms with Gasteiger partial charge in [0.15, 0.2) is 0 Å². The standard InChI is InChI=1S/C16H12BrN3OS/c17-11-3-5-12(6-4-11)19-13-7-8-15(18-10-13)20-16(21)14-2-1-9-22-14/h1-10,19H,(H,18,20,21). The number of benzene rings is 1. The van der Waals surface area contributed by atoms with Crippen LogP contribution in [-0.2, 0) is 0 Å². The molecule has 0 aliphatic heterocycles. The number of rotatable bonds is 4. The van der Waals surface area contributed by atoms with Crippen LogP contribution in [0.1, 0.15) is 9.67 Å². The number of hydrogen-bond donors (Lipinski definition) is 2. The third-order valence-corrected chi connectivity index (χ3v) is 4.28. The first-order chi connectivity index (χ1) is 10.7. The smallest absolute Gasteiger partial charge is 0.266 e. The maximum atomic E-state index is 11.9. The molecule has 0 fully saturated rings. The Balaban J connectivity index is 1.65. The van der Waals surface area contributed by atoms with Crippen molar-refractivity contribution in [2.75, 3.05) is 10.6 Å². The van der Waals surface area contributed by atoms with Gasteiger partial charge in [-0.05, 0) is 47.8 Å². The van der Waals surface area contributed by atoms with Crippen molar-refractivity contribution >= 4 is 50.4 Å². The molecule has 22 heavy (non-hydrogen) atoms. The number of carbonyl (C=O) groups is 1. The Bertz CT molecular complexity index is 755. The highest BCUT2D eigenvalue weighted by atomic mass is 79.9. The maximum absolute atomic E-state index is 11.9.